The van der Waals surface area contributed by atoms with Crippen LogP contribution in [0.25, 0.3) is 0 Å². The molecule has 0 fully saturated rings. The monoisotopic (exact) mass is 365 g/mol. The lowest BCUT2D eigenvalue weighted by Crippen LogP contribution is -2.01. The van der Waals surface area contributed by atoms with Crippen molar-refractivity contribution in [2.24, 2.45) is 0 Å². The molecular formula is C23H15N3O2. The molecule has 0 bridgehead atoms. The summed E-state index contributed by atoms with van der Waals surface area (Å²) in [5.74, 6) is 1.30. The van der Waals surface area contributed by atoms with Crippen LogP contribution in [-0.2, 0) is 13.2 Å². The second kappa shape index (κ2) is 8.90. The molecule has 134 valence electrons. The normalized spacial score (nSPS) is 9.61. The molecule has 3 rings (SSSR count). The maximum atomic E-state index is 9.28. The lowest BCUT2D eigenvalue weighted by Gasteiger charge is -2.10. The zero-order valence-corrected chi connectivity index (χ0v) is 14.9. The average molecular weight is 365 g/mol. The predicted octanol–water partition coefficient (Wildman–Crippen LogP) is 4.46. The largest absolute Gasteiger partial charge is 0.489 e. The predicted molar refractivity (Wildman–Crippen MR) is 102 cm³/mol. The Labute approximate surface area is 163 Å². The molecule has 0 amide bonds. The summed E-state index contributed by atoms with van der Waals surface area (Å²) in [5, 5.41) is 27.0. The summed E-state index contributed by atoms with van der Waals surface area (Å²) in [5.41, 5.74) is 3.37. The highest BCUT2D eigenvalue weighted by atomic mass is 16.5. The van der Waals surface area contributed by atoms with E-state index in [-0.39, 0.29) is 0 Å². The summed E-state index contributed by atoms with van der Waals surface area (Å²) in [6.45, 7) is 0.594. The van der Waals surface area contributed by atoms with Crippen molar-refractivity contribution in [2.45, 2.75) is 13.2 Å². The van der Waals surface area contributed by atoms with Crippen LogP contribution in [0.15, 0.2) is 66.7 Å². The zero-order chi connectivity index (χ0) is 19.8. The third-order valence-electron chi connectivity index (χ3n) is 3.96. The van der Waals surface area contributed by atoms with Gasteiger partial charge in [-0.1, -0.05) is 0 Å². The Kier molecular flexibility index (Phi) is 5.89. The van der Waals surface area contributed by atoms with Crippen LogP contribution in [0, 0.1) is 34.0 Å². The molecule has 0 aromatic heterocycles. The molecule has 0 spiro atoms. The summed E-state index contributed by atoms with van der Waals surface area (Å²) >= 11 is 0. The summed E-state index contributed by atoms with van der Waals surface area (Å²) in [7, 11) is 0. The summed E-state index contributed by atoms with van der Waals surface area (Å²) in [4.78, 5) is 0. The minimum absolute atomic E-state index is 0.297. The Morgan fingerprint density at radius 2 is 0.929 bits per heavy atom. The maximum Gasteiger partial charge on any atom is 0.119 e. The van der Waals surface area contributed by atoms with E-state index < -0.39 is 0 Å². The van der Waals surface area contributed by atoms with Crippen LogP contribution in [0.4, 0.5) is 0 Å². The van der Waals surface area contributed by atoms with Crippen LogP contribution in [0.5, 0.6) is 11.5 Å². The minimum Gasteiger partial charge on any atom is -0.489 e. The second-order valence-corrected chi connectivity index (χ2v) is 6.00. The van der Waals surface area contributed by atoms with Crippen LogP contribution >= 0.6 is 0 Å². The molecule has 0 saturated carbocycles. The van der Waals surface area contributed by atoms with E-state index in [0.29, 0.717) is 41.4 Å². The van der Waals surface area contributed by atoms with Gasteiger partial charge in [0.15, 0.2) is 0 Å². The highest BCUT2D eigenvalue weighted by molar-refractivity contribution is 5.39. The third kappa shape index (κ3) is 4.88. The van der Waals surface area contributed by atoms with Crippen molar-refractivity contribution >= 4 is 0 Å². The smallest absolute Gasteiger partial charge is 0.119 e. The van der Waals surface area contributed by atoms with E-state index in [9.17, 15) is 5.26 Å². The number of nitrogens with zero attached hydrogens (tertiary/aromatic N) is 3. The zero-order valence-electron chi connectivity index (χ0n) is 14.9. The molecule has 0 saturated heterocycles. The lowest BCUT2D eigenvalue weighted by molar-refractivity contribution is 0.300. The van der Waals surface area contributed by atoms with Gasteiger partial charge in [-0.3, -0.25) is 0 Å². The van der Waals surface area contributed by atoms with Gasteiger partial charge < -0.3 is 9.47 Å². The Bertz CT molecular complexity index is 1000. The van der Waals surface area contributed by atoms with Gasteiger partial charge in [0, 0.05) is 0 Å². The topological polar surface area (TPSA) is 89.8 Å². The maximum absolute atomic E-state index is 9.28. The Morgan fingerprint density at radius 1 is 0.536 bits per heavy atom. The lowest BCUT2D eigenvalue weighted by atomic mass is 10.1. The van der Waals surface area contributed by atoms with Crippen LogP contribution in [0.2, 0.25) is 0 Å². The fourth-order valence-corrected chi connectivity index (χ4v) is 2.58. The molecule has 0 N–H and O–H groups in total. The van der Waals surface area contributed by atoms with Crippen LogP contribution in [0.1, 0.15) is 27.8 Å². The summed E-state index contributed by atoms with van der Waals surface area (Å²) < 4.78 is 11.5. The first kappa shape index (κ1) is 18.5. The summed E-state index contributed by atoms with van der Waals surface area (Å²) in [6.07, 6.45) is 0. The van der Waals surface area contributed by atoms with Crippen LogP contribution < -0.4 is 9.47 Å². The fourth-order valence-electron chi connectivity index (χ4n) is 2.58. The Morgan fingerprint density at radius 3 is 1.29 bits per heavy atom. The molecule has 0 radical (unpaired) electrons. The summed E-state index contributed by atoms with van der Waals surface area (Å²) in [6, 6.07) is 25.5. The van der Waals surface area contributed by atoms with Crippen LogP contribution in [0.3, 0.4) is 0 Å². The first-order valence-electron chi connectivity index (χ1n) is 8.49. The molecule has 3 aromatic carbocycles. The molecular weight excluding hydrogens is 350 g/mol. The standard InChI is InChI=1S/C23H15N3O2/c24-12-17-1-5-22(6-2-17)27-15-20-9-19(14-26)10-21(11-20)16-28-23-7-3-18(13-25)4-8-23/h1-11H,15-16H2. The van der Waals surface area contributed by atoms with Crippen molar-refractivity contribution in [3.05, 3.63) is 94.5 Å². The van der Waals surface area contributed by atoms with Crippen LogP contribution in [-0.4, -0.2) is 0 Å². The molecule has 5 nitrogen and oxygen atoms in total. The number of nitriles is 3. The van der Waals surface area contributed by atoms with E-state index in [0.717, 1.165) is 11.1 Å². The average Bonchev–Trinajstić information content (AvgIpc) is 2.76. The van der Waals surface area contributed by atoms with Gasteiger partial charge in [-0.05, 0) is 77.9 Å². The van der Waals surface area contributed by atoms with Crippen molar-refractivity contribution in [2.75, 3.05) is 0 Å². The minimum atomic E-state index is 0.297. The molecule has 0 aliphatic heterocycles. The molecule has 0 aliphatic carbocycles. The number of rotatable bonds is 6. The molecule has 0 unspecified atom stereocenters. The van der Waals surface area contributed by atoms with Crippen molar-refractivity contribution in [1.29, 1.82) is 15.8 Å². The molecule has 5 heteroatoms. The highest BCUT2D eigenvalue weighted by Crippen LogP contribution is 2.18. The Balaban J connectivity index is 1.67. The van der Waals surface area contributed by atoms with Gasteiger partial charge in [0.1, 0.15) is 24.7 Å². The molecule has 0 heterocycles. The van der Waals surface area contributed by atoms with E-state index in [1.54, 1.807) is 60.7 Å². The SMILES string of the molecule is N#Cc1ccc(OCc2cc(C#N)cc(COc3ccc(C#N)cc3)c2)cc1. The van der Waals surface area contributed by atoms with E-state index in [1.165, 1.54) is 0 Å². The van der Waals surface area contributed by atoms with E-state index in [2.05, 4.69) is 18.2 Å². The number of benzene rings is 3. The highest BCUT2D eigenvalue weighted by Gasteiger charge is 2.04. The van der Waals surface area contributed by atoms with Gasteiger partial charge in [-0.15, -0.1) is 0 Å². The Hall–Kier alpha value is -4.27. The molecule has 28 heavy (non-hydrogen) atoms. The first-order valence-corrected chi connectivity index (χ1v) is 8.49. The van der Waals surface area contributed by atoms with Gasteiger partial charge in [-0.2, -0.15) is 15.8 Å². The first-order chi connectivity index (χ1) is 13.7. The molecule has 0 atom stereocenters. The van der Waals surface area contributed by atoms with Crippen molar-refractivity contribution in [1.82, 2.24) is 0 Å². The van der Waals surface area contributed by atoms with Gasteiger partial charge >= 0.3 is 0 Å². The van der Waals surface area contributed by atoms with Gasteiger partial charge in [-0.25, -0.2) is 0 Å². The van der Waals surface area contributed by atoms with Crippen molar-refractivity contribution < 1.29 is 9.47 Å². The van der Waals surface area contributed by atoms with E-state index in [4.69, 9.17) is 20.0 Å². The third-order valence-corrected chi connectivity index (χ3v) is 3.96. The van der Waals surface area contributed by atoms with Gasteiger partial charge in [0.25, 0.3) is 0 Å². The van der Waals surface area contributed by atoms with E-state index in [1.807, 2.05) is 6.07 Å². The van der Waals surface area contributed by atoms with Gasteiger partial charge in [0.05, 0.1) is 34.9 Å². The van der Waals surface area contributed by atoms with Gasteiger partial charge in [0.2, 0.25) is 0 Å². The molecule has 0 aliphatic rings. The number of hydrogen-bond donors (Lipinski definition) is 0. The quantitative estimate of drug-likeness (QED) is 0.643. The second-order valence-electron chi connectivity index (χ2n) is 6.00. The number of ether oxygens (including phenoxy) is 2. The molecule has 3 aromatic rings. The fraction of sp³-hybridized carbons (Fsp3) is 0.0870. The van der Waals surface area contributed by atoms with E-state index >= 15 is 0 Å². The van der Waals surface area contributed by atoms with Crippen molar-refractivity contribution in [3.8, 4) is 29.7 Å². The van der Waals surface area contributed by atoms with Crippen molar-refractivity contribution in [3.63, 3.8) is 0 Å². The number of hydrogen-bond acceptors (Lipinski definition) is 5.